The molecule has 0 radical (unpaired) electrons. The normalized spacial score (nSPS) is 22.4. The summed E-state index contributed by atoms with van der Waals surface area (Å²) in [5.74, 6) is 0. The Morgan fingerprint density at radius 1 is 0.679 bits per heavy atom. The van der Waals surface area contributed by atoms with E-state index in [0.29, 0.717) is 24.2 Å². The van der Waals surface area contributed by atoms with Crippen molar-refractivity contribution in [2.45, 2.75) is 24.4 Å². The number of benzene rings is 2. The van der Waals surface area contributed by atoms with Crippen molar-refractivity contribution in [3.63, 3.8) is 0 Å². The van der Waals surface area contributed by atoms with Crippen LogP contribution in [0.1, 0.15) is 34.3 Å². The van der Waals surface area contributed by atoms with Crippen molar-refractivity contribution >= 4 is 0 Å². The predicted octanol–water partition coefficient (Wildman–Crippen LogP) is 5.38. The summed E-state index contributed by atoms with van der Waals surface area (Å²) in [6.45, 7) is 0.803. The van der Waals surface area contributed by atoms with E-state index in [1.165, 1.54) is 12.1 Å². The van der Waals surface area contributed by atoms with Crippen LogP contribution in [0.4, 0.5) is 26.3 Å². The molecule has 152 valence electrons. The minimum atomic E-state index is -4.42. The van der Waals surface area contributed by atoms with Gasteiger partial charge in [-0.25, -0.2) is 0 Å². The molecular formula is C20H20F6N2. The Bertz CT molecular complexity index is 760. The molecular weight excluding hydrogens is 382 g/mol. The van der Waals surface area contributed by atoms with Gasteiger partial charge in [0.2, 0.25) is 0 Å². The lowest BCUT2D eigenvalue weighted by molar-refractivity contribution is -0.138. The maximum Gasteiger partial charge on any atom is 0.416 e. The van der Waals surface area contributed by atoms with Crippen LogP contribution < -0.4 is 0 Å². The standard InChI is InChI=1S/C20H20F6N2/c1-27-11-18(14-6-4-8-16(10-14)20(24,25)26)28(2)12-17(27)13-5-3-7-15(9-13)19(21,22)23/h3-10,17-18H,11-12H2,1-2H3/t17-,18+. The smallest absolute Gasteiger partial charge is 0.296 e. The zero-order valence-corrected chi connectivity index (χ0v) is 15.3. The SMILES string of the molecule is CN1C[C@@H](c2cccc(C(F)(F)F)c2)N(C)C[C@@H]1c1cccc(C(F)(F)F)c1. The fourth-order valence-electron chi connectivity index (χ4n) is 3.64. The molecule has 0 saturated carbocycles. The first-order valence-corrected chi connectivity index (χ1v) is 8.71. The zero-order valence-electron chi connectivity index (χ0n) is 15.3. The van der Waals surface area contributed by atoms with Gasteiger partial charge in [-0.1, -0.05) is 24.3 Å². The highest BCUT2D eigenvalue weighted by Gasteiger charge is 2.36. The van der Waals surface area contributed by atoms with Crippen LogP contribution in [0.15, 0.2) is 48.5 Å². The first-order chi connectivity index (χ1) is 13.0. The average Bonchev–Trinajstić information content (AvgIpc) is 2.62. The van der Waals surface area contributed by atoms with Crippen molar-refractivity contribution in [2.75, 3.05) is 27.2 Å². The molecule has 2 aromatic rings. The Labute approximate surface area is 159 Å². The molecule has 8 heteroatoms. The van der Waals surface area contributed by atoms with Crippen molar-refractivity contribution in [3.05, 3.63) is 70.8 Å². The van der Waals surface area contributed by atoms with Crippen LogP contribution in [-0.2, 0) is 12.4 Å². The lowest BCUT2D eigenvalue weighted by Crippen LogP contribution is -2.47. The van der Waals surface area contributed by atoms with Gasteiger partial charge in [0.1, 0.15) is 0 Å². The summed E-state index contributed by atoms with van der Waals surface area (Å²) in [4.78, 5) is 3.78. The van der Waals surface area contributed by atoms with E-state index < -0.39 is 23.5 Å². The highest BCUT2D eigenvalue weighted by molar-refractivity contribution is 5.31. The number of hydrogen-bond donors (Lipinski definition) is 0. The maximum absolute atomic E-state index is 13.0. The second kappa shape index (κ2) is 7.40. The Hall–Kier alpha value is -2.06. The first kappa shape index (κ1) is 20.7. The third-order valence-electron chi connectivity index (χ3n) is 5.18. The van der Waals surface area contributed by atoms with E-state index in [1.54, 1.807) is 26.2 Å². The number of rotatable bonds is 2. The van der Waals surface area contributed by atoms with Gasteiger partial charge in [-0.3, -0.25) is 9.80 Å². The summed E-state index contributed by atoms with van der Waals surface area (Å²) in [5.41, 5.74) is -0.347. The minimum Gasteiger partial charge on any atom is -0.296 e. The molecule has 28 heavy (non-hydrogen) atoms. The Morgan fingerprint density at radius 3 is 1.36 bits per heavy atom. The summed E-state index contributed by atoms with van der Waals surface area (Å²) in [6, 6.07) is 9.82. The molecule has 1 aliphatic heterocycles. The lowest BCUT2D eigenvalue weighted by atomic mass is 9.95. The Balaban J connectivity index is 1.84. The van der Waals surface area contributed by atoms with E-state index in [0.717, 1.165) is 24.3 Å². The maximum atomic E-state index is 13.0. The Kier molecular flexibility index (Phi) is 5.46. The van der Waals surface area contributed by atoms with E-state index in [4.69, 9.17) is 0 Å². The fourth-order valence-corrected chi connectivity index (χ4v) is 3.64. The highest BCUT2D eigenvalue weighted by atomic mass is 19.4. The molecule has 3 rings (SSSR count). The number of likely N-dealkylation sites (N-methyl/N-ethyl adjacent to an activating group) is 2. The number of nitrogens with zero attached hydrogens (tertiary/aromatic N) is 2. The second-order valence-electron chi connectivity index (χ2n) is 7.16. The van der Waals surface area contributed by atoms with Crippen molar-refractivity contribution in [1.29, 1.82) is 0 Å². The molecule has 0 bridgehead atoms. The van der Waals surface area contributed by atoms with Gasteiger partial charge in [0, 0.05) is 25.2 Å². The Morgan fingerprint density at radius 2 is 1.04 bits per heavy atom. The topological polar surface area (TPSA) is 6.48 Å². The minimum absolute atomic E-state index is 0.283. The quantitative estimate of drug-likeness (QED) is 0.622. The monoisotopic (exact) mass is 402 g/mol. The average molecular weight is 402 g/mol. The van der Waals surface area contributed by atoms with Gasteiger partial charge in [0.15, 0.2) is 0 Å². The van der Waals surface area contributed by atoms with Crippen LogP contribution in [-0.4, -0.2) is 37.0 Å². The molecule has 0 N–H and O–H groups in total. The lowest BCUT2D eigenvalue weighted by Gasteiger charge is -2.44. The molecule has 2 nitrogen and oxygen atoms in total. The number of halogens is 6. The van der Waals surface area contributed by atoms with Gasteiger partial charge in [-0.05, 0) is 49.5 Å². The molecule has 0 aromatic heterocycles. The third-order valence-corrected chi connectivity index (χ3v) is 5.18. The molecule has 0 spiro atoms. The highest BCUT2D eigenvalue weighted by Crippen LogP contribution is 2.37. The van der Waals surface area contributed by atoms with Gasteiger partial charge in [-0.15, -0.1) is 0 Å². The van der Waals surface area contributed by atoms with E-state index >= 15 is 0 Å². The van der Waals surface area contributed by atoms with E-state index in [-0.39, 0.29) is 12.1 Å². The van der Waals surface area contributed by atoms with Gasteiger partial charge < -0.3 is 0 Å². The largest absolute Gasteiger partial charge is 0.416 e. The molecule has 1 fully saturated rings. The third kappa shape index (κ3) is 4.33. The van der Waals surface area contributed by atoms with Crippen molar-refractivity contribution in [1.82, 2.24) is 9.80 Å². The van der Waals surface area contributed by atoms with Crippen LogP contribution in [0.3, 0.4) is 0 Å². The fraction of sp³-hybridized carbons (Fsp3) is 0.400. The van der Waals surface area contributed by atoms with Crippen LogP contribution in [0.25, 0.3) is 0 Å². The molecule has 1 saturated heterocycles. The summed E-state index contributed by atoms with van der Waals surface area (Å²) in [7, 11) is 3.55. The van der Waals surface area contributed by atoms with Crippen molar-refractivity contribution < 1.29 is 26.3 Å². The molecule has 2 atom stereocenters. The molecule has 2 aromatic carbocycles. The van der Waals surface area contributed by atoms with Gasteiger partial charge in [0.05, 0.1) is 11.1 Å². The van der Waals surface area contributed by atoms with Crippen molar-refractivity contribution in [3.8, 4) is 0 Å². The number of hydrogen-bond acceptors (Lipinski definition) is 2. The molecule has 1 heterocycles. The second-order valence-corrected chi connectivity index (χ2v) is 7.16. The summed E-state index contributed by atoms with van der Waals surface area (Å²) in [6.07, 6.45) is -8.84. The molecule has 0 unspecified atom stereocenters. The summed E-state index contributed by atoms with van der Waals surface area (Å²) < 4.78 is 78.1. The van der Waals surface area contributed by atoms with E-state index in [2.05, 4.69) is 0 Å². The number of alkyl halides is 6. The van der Waals surface area contributed by atoms with Crippen LogP contribution in [0.2, 0.25) is 0 Å². The van der Waals surface area contributed by atoms with E-state index in [9.17, 15) is 26.3 Å². The van der Waals surface area contributed by atoms with Crippen LogP contribution in [0, 0.1) is 0 Å². The van der Waals surface area contributed by atoms with Crippen molar-refractivity contribution in [2.24, 2.45) is 0 Å². The first-order valence-electron chi connectivity index (χ1n) is 8.71. The van der Waals surface area contributed by atoms with Crippen LogP contribution >= 0.6 is 0 Å². The van der Waals surface area contributed by atoms with Gasteiger partial charge >= 0.3 is 12.4 Å². The van der Waals surface area contributed by atoms with E-state index in [1.807, 2.05) is 9.80 Å². The molecule has 1 aliphatic rings. The van der Waals surface area contributed by atoms with Gasteiger partial charge in [0.25, 0.3) is 0 Å². The predicted molar refractivity (Wildman–Crippen MR) is 93.6 cm³/mol. The summed E-state index contributed by atoms with van der Waals surface area (Å²) in [5, 5.41) is 0. The molecule has 0 amide bonds. The van der Waals surface area contributed by atoms with Gasteiger partial charge in [-0.2, -0.15) is 26.3 Å². The van der Waals surface area contributed by atoms with Crippen LogP contribution in [0.5, 0.6) is 0 Å². The summed E-state index contributed by atoms with van der Waals surface area (Å²) >= 11 is 0. The molecule has 0 aliphatic carbocycles. The zero-order chi connectivity index (χ0) is 20.7. The number of piperazine rings is 1.